The van der Waals surface area contributed by atoms with Gasteiger partial charge in [0.15, 0.2) is 0 Å². The summed E-state index contributed by atoms with van der Waals surface area (Å²) in [5.41, 5.74) is 0.742. The largest absolute Gasteiger partial charge is 0.457 e. The number of hydrogen-bond acceptors (Lipinski definition) is 4. The highest BCUT2D eigenvalue weighted by Gasteiger charge is 2.37. The van der Waals surface area contributed by atoms with Crippen molar-refractivity contribution in [3.63, 3.8) is 0 Å². The molecule has 0 saturated carbocycles. The molecule has 1 atom stereocenters. The lowest BCUT2D eigenvalue weighted by molar-refractivity contribution is 0.434. The molecule has 0 bridgehead atoms. The molecule has 8 heteroatoms. The van der Waals surface area contributed by atoms with Crippen molar-refractivity contribution in [2.75, 3.05) is 12.3 Å². The fourth-order valence-corrected chi connectivity index (χ4v) is 6.93. The Morgan fingerprint density at radius 1 is 0.931 bits per heavy atom. The van der Waals surface area contributed by atoms with Crippen LogP contribution in [0.15, 0.2) is 77.7 Å². The molecule has 0 N–H and O–H groups in total. The van der Waals surface area contributed by atoms with Crippen molar-refractivity contribution in [3.8, 4) is 11.5 Å². The molecule has 1 fully saturated rings. The van der Waals surface area contributed by atoms with Gasteiger partial charge in [-0.2, -0.15) is 4.31 Å². The zero-order valence-corrected chi connectivity index (χ0v) is 18.3. The molecule has 3 aromatic rings. The third-order valence-electron chi connectivity index (χ3n) is 4.49. The van der Waals surface area contributed by atoms with Crippen LogP contribution in [0.3, 0.4) is 0 Å². The van der Waals surface area contributed by atoms with E-state index in [1.54, 1.807) is 54.2 Å². The Bertz CT molecular complexity index is 1110. The second-order valence-corrected chi connectivity index (χ2v) is 10.3. The van der Waals surface area contributed by atoms with E-state index >= 15 is 0 Å². The number of benzene rings is 3. The highest BCUT2D eigenvalue weighted by atomic mass is 35.5. The van der Waals surface area contributed by atoms with E-state index in [4.69, 9.17) is 27.9 Å². The number of para-hydroxylation sites is 1. The van der Waals surface area contributed by atoms with Gasteiger partial charge >= 0.3 is 0 Å². The minimum absolute atomic E-state index is 0.218. The Morgan fingerprint density at radius 2 is 1.62 bits per heavy atom. The third-order valence-corrected chi connectivity index (χ3v) is 8.30. The van der Waals surface area contributed by atoms with Crippen LogP contribution in [0.25, 0.3) is 0 Å². The van der Waals surface area contributed by atoms with E-state index in [2.05, 4.69) is 0 Å². The first-order chi connectivity index (χ1) is 13.9. The van der Waals surface area contributed by atoms with Crippen LogP contribution in [0.4, 0.5) is 0 Å². The summed E-state index contributed by atoms with van der Waals surface area (Å²) in [6, 6.07) is 20.9. The predicted molar refractivity (Wildman–Crippen MR) is 119 cm³/mol. The number of rotatable bonds is 5. The highest BCUT2D eigenvalue weighted by Crippen LogP contribution is 2.44. The van der Waals surface area contributed by atoms with Crippen LogP contribution in [0, 0.1) is 0 Å². The summed E-state index contributed by atoms with van der Waals surface area (Å²) in [5, 5.41) is 0.596. The van der Waals surface area contributed by atoms with Crippen LogP contribution in [-0.2, 0) is 10.0 Å². The first-order valence-corrected chi connectivity index (χ1v) is 12.1. The van der Waals surface area contributed by atoms with Crippen molar-refractivity contribution >= 4 is 45.0 Å². The average molecular weight is 466 g/mol. The van der Waals surface area contributed by atoms with E-state index in [0.717, 1.165) is 5.56 Å². The summed E-state index contributed by atoms with van der Waals surface area (Å²) in [5.74, 6) is 1.96. The van der Waals surface area contributed by atoms with Crippen LogP contribution >= 0.6 is 35.0 Å². The van der Waals surface area contributed by atoms with Crippen LogP contribution < -0.4 is 4.74 Å². The molecule has 4 nitrogen and oxygen atoms in total. The number of halogens is 2. The lowest BCUT2D eigenvalue weighted by atomic mass is 10.2. The molecule has 0 amide bonds. The normalized spacial score (nSPS) is 17.4. The third kappa shape index (κ3) is 4.42. The summed E-state index contributed by atoms with van der Waals surface area (Å²) in [6.45, 7) is 0.416. The molecule has 1 saturated heterocycles. The van der Waals surface area contributed by atoms with Gasteiger partial charge in [0.1, 0.15) is 11.5 Å². The van der Waals surface area contributed by atoms with E-state index in [0.29, 0.717) is 33.8 Å². The zero-order valence-electron chi connectivity index (χ0n) is 15.2. The molecular formula is C21H17Cl2NO3S2. The highest BCUT2D eigenvalue weighted by molar-refractivity contribution is 8.01. The van der Waals surface area contributed by atoms with Crippen LogP contribution in [0.2, 0.25) is 10.0 Å². The van der Waals surface area contributed by atoms with Gasteiger partial charge in [-0.3, -0.25) is 0 Å². The number of sulfonamides is 1. The van der Waals surface area contributed by atoms with Gasteiger partial charge < -0.3 is 4.74 Å². The van der Waals surface area contributed by atoms with Gasteiger partial charge in [-0.05, 0) is 54.1 Å². The van der Waals surface area contributed by atoms with E-state index < -0.39 is 10.0 Å². The lowest BCUT2D eigenvalue weighted by Crippen LogP contribution is -2.30. The maximum atomic E-state index is 13.3. The zero-order chi connectivity index (χ0) is 20.4. The van der Waals surface area contributed by atoms with E-state index in [-0.39, 0.29) is 10.3 Å². The van der Waals surface area contributed by atoms with Gasteiger partial charge in [0.25, 0.3) is 0 Å². The van der Waals surface area contributed by atoms with Gasteiger partial charge in [0, 0.05) is 22.3 Å². The molecule has 150 valence electrons. The Hall–Kier alpha value is -1.70. The van der Waals surface area contributed by atoms with Crippen molar-refractivity contribution < 1.29 is 13.2 Å². The van der Waals surface area contributed by atoms with E-state index in [9.17, 15) is 8.42 Å². The standard InChI is InChI=1S/C21H17Cl2NO3S2/c22-15-6-11-19(20(23)14-15)21-24(12-13-28-21)29(25,26)18-9-7-17(8-10-18)27-16-4-2-1-3-5-16/h1-11,14,21H,12-13H2. The predicted octanol–water partition coefficient (Wildman–Crippen LogP) is 6.22. The van der Waals surface area contributed by atoms with Crippen LogP contribution in [-0.4, -0.2) is 25.0 Å². The topological polar surface area (TPSA) is 46.6 Å². The lowest BCUT2D eigenvalue weighted by Gasteiger charge is -2.24. The second kappa shape index (κ2) is 8.58. The molecule has 0 spiro atoms. The maximum Gasteiger partial charge on any atom is 0.244 e. The molecule has 1 aliphatic heterocycles. The summed E-state index contributed by atoms with van der Waals surface area (Å²) < 4.78 is 33.8. The molecule has 0 aromatic heterocycles. The van der Waals surface area contributed by atoms with Gasteiger partial charge in [-0.1, -0.05) is 47.5 Å². The first-order valence-electron chi connectivity index (χ1n) is 8.86. The molecule has 4 rings (SSSR count). The number of nitrogens with zero attached hydrogens (tertiary/aromatic N) is 1. The van der Waals surface area contributed by atoms with Crippen molar-refractivity contribution in [1.82, 2.24) is 4.31 Å². The van der Waals surface area contributed by atoms with Gasteiger partial charge in [0.05, 0.1) is 10.3 Å². The average Bonchev–Trinajstić information content (AvgIpc) is 3.20. The Balaban J connectivity index is 1.58. The molecule has 1 heterocycles. The summed E-state index contributed by atoms with van der Waals surface area (Å²) in [7, 11) is -3.69. The van der Waals surface area contributed by atoms with Crippen molar-refractivity contribution in [1.29, 1.82) is 0 Å². The van der Waals surface area contributed by atoms with Gasteiger partial charge in [-0.25, -0.2) is 8.42 Å². The fourth-order valence-electron chi connectivity index (χ4n) is 3.09. The van der Waals surface area contributed by atoms with E-state index in [1.165, 1.54) is 4.31 Å². The quantitative estimate of drug-likeness (QED) is 0.448. The molecule has 29 heavy (non-hydrogen) atoms. The van der Waals surface area contributed by atoms with E-state index in [1.807, 2.05) is 30.3 Å². The number of ether oxygens (including phenoxy) is 1. The van der Waals surface area contributed by atoms with Crippen LogP contribution in [0.5, 0.6) is 11.5 Å². The minimum Gasteiger partial charge on any atom is -0.457 e. The Kier molecular flexibility index (Phi) is 6.08. The van der Waals surface area contributed by atoms with Crippen molar-refractivity contribution in [3.05, 3.63) is 88.4 Å². The fraction of sp³-hybridized carbons (Fsp3) is 0.143. The monoisotopic (exact) mass is 465 g/mol. The SMILES string of the molecule is O=S(=O)(c1ccc(Oc2ccccc2)cc1)N1CCSC1c1ccc(Cl)cc1Cl. The van der Waals surface area contributed by atoms with Crippen molar-refractivity contribution in [2.24, 2.45) is 0 Å². The summed E-state index contributed by atoms with van der Waals surface area (Å²) in [4.78, 5) is 0.218. The molecule has 3 aromatic carbocycles. The molecular weight excluding hydrogens is 449 g/mol. The minimum atomic E-state index is -3.69. The summed E-state index contributed by atoms with van der Waals surface area (Å²) >= 11 is 13.9. The first kappa shape index (κ1) is 20.6. The molecule has 0 aliphatic carbocycles. The Labute approximate surface area is 184 Å². The second-order valence-electron chi connectivity index (χ2n) is 6.39. The van der Waals surface area contributed by atoms with Crippen LogP contribution in [0.1, 0.15) is 10.9 Å². The smallest absolute Gasteiger partial charge is 0.244 e. The van der Waals surface area contributed by atoms with Gasteiger partial charge in [0.2, 0.25) is 10.0 Å². The molecule has 1 aliphatic rings. The van der Waals surface area contributed by atoms with Crippen molar-refractivity contribution in [2.45, 2.75) is 10.3 Å². The Morgan fingerprint density at radius 3 is 2.31 bits per heavy atom. The van der Waals surface area contributed by atoms with Gasteiger partial charge in [-0.15, -0.1) is 11.8 Å². The number of hydrogen-bond donors (Lipinski definition) is 0. The maximum absolute atomic E-state index is 13.3. The molecule has 1 unspecified atom stereocenters. The number of thioether (sulfide) groups is 1. The molecule has 0 radical (unpaired) electrons. The summed E-state index contributed by atoms with van der Waals surface area (Å²) in [6.07, 6.45) is 0.